The lowest BCUT2D eigenvalue weighted by molar-refractivity contribution is 0.509. The molecule has 1 aromatic rings. The van der Waals surface area contributed by atoms with Crippen LogP contribution in [0.4, 0.5) is 8.78 Å². The molecule has 0 aliphatic carbocycles. The summed E-state index contributed by atoms with van der Waals surface area (Å²) >= 11 is 1.28. The van der Waals surface area contributed by atoms with Crippen LogP contribution in [0.2, 0.25) is 0 Å². The van der Waals surface area contributed by atoms with Crippen molar-refractivity contribution in [3.63, 3.8) is 0 Å². The Balaban J connectivity index is 3.14. The summed E-state index contributed by atoms with van der Waals surface area (Å²) < 4.78 is 27.3. The first-order chi connectivity index (χ1) is 7.11. The zero-order chi connectivity index (χ0) is 11.4. The Morgan fingerprint density at radius 3 is 2.60 bits per heavy atom. The van der Waals surface area contributed by atoms with Crippen LogP contribution in [0.5, 0.6) is 0 Å². The minimum absolute atomic E-state index is 0.160. The zero-order valence-electron chi connectivity index (χ0n) is 8.89. The van der Waals surface area contributed by atoms with Crippen molar-refractivity contribution < 1.29 is 8.78 Å². The second-order valence-electron chi connectivity index (χ2n) is 3.46. The maximum absolute atomic E-state index is 13.8. The third kappa shape index (κ3) is 2.69. The van der Waals surface area contributed by atoms with Crippen molar-refractivity contribution in [3.8, 4) is 0 Å². The van der Waals surface area contributed by atoms with Crippen molar-refractivity contribution in [3.05, 3.63) is 29.3 Å². The van der Waals surface area contributed by atoms with E-state index in [1.165, 1.54) is 23.9 Å². The van der Waals surface area contributed by atoms with Crippen LogP contribution in [0, 0.1) is 11.6 Å². The van der Waals surface area contributed by atoms with Gasteiger partial charge in [-0.1, -0.05) is 6.92 Å². The molecule has 0 amide bonds. The van der Waals surface area contributed by atoms with Crippen LogP contribution in [-0.2, 0) is 0 Å². The standard InChI is InChI=1S/C11H15F2NS/c1-7(5-6-14)10-8(12)3-4-9(15-2)11(10)13/h3-4,7H,5-6,14H2,1-2H3. The van der Waals surface area contributed by atoms with Crippen molar-refractivity contribution in [2.75, 3.05) is 12.8 Å². The number of thioether (sulfide) groups is 1. The zero-order valence-corrected chi connectivity index (χ0v) is 9.70. The molecule has 84 valence electrons. The van der Waals surface area contributed by atoms with E-state index < -0.39 is 11.6 Å². The van der Waals surface area contributed by atoms with Crippen LogP contribution in [-0.4, -0.2) is 12.8 Å². The first kappa shape index (κ1) is 12.5. The molecule has 1 unspecified atom stereocenters. The minimum atomic E-state index is -0.480. The Kier molecular flexibility index (Phi) is 4.54. The predicted octanol–water partition coefficient (Wildman–Crippen LogP) is 3.14. The van der Waals surface area contributed by atoms with Gasteiger partial charge in [-0.05, 0) is 37.3 Å². The highest BCUT2D eigenvalue weighted by Crippen LogP contribution is 2.30. The maximum Gasteiger partial charge on any atom is 0.143 e. The molecule has 4 heteroatoms. The number of halogens is 2. The van der Waals surface area contributed by atoms with Crippen LogP contribution >= 0.6 is 11.8 Å². The lowest BCUT2D eigenvalue weighted by Gasteiger charge is -2.14. The molecule has 0 aliphatic rings. The number of benzene rings is 1. The quantitative estimate of drug-likeness (QED) is 0.806. The van der Waals surface area contributed by atoms with E-state index in [-0.39, 0.29) is 11.5 Å². The molecule has 2 N–H and O–H groups in total. The van der Waals surface area contributed by atoms with Gasteiger partial charge in [0.15, 0.2) is 0 Å². The average molecular weight is 231 g/mol. The smallest absolute Gasteiger partial charge is 0.143 e. The second kappa shape index (κ2) is 5.47. The van der Waals surface area contributed by atoms with E-state index in [2.05, 4.69) is 0 Å². The van der Waals surface area contributed by atoms with Gasteiger partial charge in [0.25, 0.3) is 0 Å². The fourth-order valence-electron chi connectivity index (χ4n) is 1.55. The van der Waals surface area contributed by atoms with Gasteiger partial charge in [0, 0.05) is 10.5 Å². The summed E-state index contributed by atoms with van der Waals surface area (Å²) in [5, 5.41) is 0. The summed E-state index contributed by atoms with van der Waals surface area (Å²) in [5.41, 5.74) is 5.55. The molecule has 0 saturated carbocycles. The molecule has 1 atom stereocenters. The number of hydrogen-bond donors (Lipinski definition) is 1. The van der Waals surface area contributed by atoms with Crippen molar-refractivity contribution in [2.24, 2.45) is 5.73 Å². The summed E-state index contributed by atoms with van der Waals surface area (Å²) in [6.45, 7) is 2.22. The molecule has 1 nitrogen and oxygen atoms in total. The molecule has 0 saturated heterocycles. The lowest BCUT2D eigenvalue weighted by atomic mass is 9.97. The fourth-order valence-corrected chi connectivity index (χ4v) is 2.05. The molecular weight excluding hydrogens is 216 g/mol. The first-order valence-electron chi connectivity index (χ1n) is 4.83. The van der Waals surface area contributed by atoms with Crippen molar-refractivity contribution in [1.82, 2.24) is 0 Å². The number of nitrogens with two attached hydrogens (primary N) is 1. The lowest BCUT2D eigenvalue weighted by Crippen LogP contribution is -2.08. The van der Waals surface area contributed by atoms with Gasteiger partial charge in [0.05, 0.1) is 0 Å². The Labute approximate surface area is 93.1 Å². The van der Waals surface area contributed by atoms with Crippen LogP contribution < -0.4 is 5.73 Å². The minimum Gasteiger partial charge on any atom is -0.330 e. The summed E-state index contributed by atoms with van der Waals surface area (Å²) in [5.74, 6) is -1.10. The van der Waals surface area contributed by atoms with Crippen LogP contribution in [0.3, 0.4) is 0 Å². The van der Waals surface area contributed by atoms with Crippen LogP contribution in [0.1, 0.15) is 24.8 Å². The highest BCUT2D eigenvalue weighted by atomic mass is 32.2. The molecule has 1 aromatic carbocycles. The highest BCUT2D eigenvalue weighted by molar-refractivity contribution is 7.98. The van der Waals surface area contributed by atoms with Gasteiger partial charge >= 0.3 is 0 Å². The van der Waals surface area contributed by atoms with Gasteiger partial charge in [0.1, 0.15) is 11.6 Å². The average Bonchev–Trinajstić information content (AvgIpc) is 2.18. The largest absolute Gasteiger partial charge is 0.330 e. The fraction of sp³-hybridized carbons (Fsp3) is 0.455. The topological polar surface area (TPSA) is 26.0 Å². The Bertz CT molecular complexity index is 342. The van der Waals surface area contributed by atoms with Gasteiger partial charge in [0.2, 0.25) is 0 Å². The Hall–Kier alpha value is -0.610. The molecule has 15 heavy (non-hydrogen) atoms. The normalized spacial score (nSPS) is 12.9. The highest BCUT2D eigenvalue weighted by Gasteiger charge is 2.18. The monoisotopic (exact) mass is 231 g/mol. The summed E-state index contributed by atoms with van der Waals surface area (Å²) in [6.07, 6.45) is 2.36. The Morgan fingerprint density at radius 2 is 2.07 bits per heavy atom. The van der Waals surface area contributed by atoms with E-state index in [0.29, 0.717) is 17.9 Å². The summed E-state index contributed by atoms with van der Waals surface area (Å²) in [7, 11) is 0. The first-order valence-corrected chi connectivity index (χ1v) is 6.06. The van der Waals surface area contributed by atoms with Gasteiger partial charge in [-0.25, -0.2) is 8.78 Å². The van der Waals surface area contributed by atoms with E-state index in [4.69, 9.17) is 5.73 Å². The van der Waals surface area contributed by atoms with E-state index in [1.807, 2.05) is 0 Å². The summed E-state index contributed by atoms with van der Waals surface area (Å²) in [6, 6.07) is 2.78. The predicted molar refractivity (Wildman–Crippen MR) is 60.2 cm³/mol. The van der Waals surface area contributed by atoms with Gasteiger partial charge in [-0.3, -0.25) is 0 Å². The third-order valence-corrected chi connectivity index (χ3v) is 3.16. The maximum atomic E-state index is 13.8. The third-order valence-electron chi connectivity index (χ3n) is 2.40. The van der Waals surface area contributed by atoms with Crippen molar-refractivity contribution in [2.45, 2.75) is 24.2 Å². The van der Waals surface area contributed by atoms with Crippen LogP contribution in [0.15, 0.2) is 17.0 Å². The molecule has 0 spiro atoms. The Morgan fingerprint density at radius 1 is 1.40 bits per heavy atom. The molecule has 0 aromatic heterocycles. The SMILES string of the molecule is CSc1ccc(F)c(C(C)CCN)c1F. The van der Waals surface area contributed by atoms with E-state index in [0.717, 1.165) is 0 Å². The molecule has 0 fully saturated rings. The van der Waals surface area contributed by atoms with E-state index in [1.54, 1.807) is 13.2 Å². The molecule has 0 heterocycles. The molecule has 1 rings (SSSR count). The molecular formula is C11H15F2NS. The van der Waals surface area contributed by atoms with Crippen molar-refractivity contribution >= 4 is 11.8 Å². The molecule has 0 bridgehead atoms. The van der Waals surface area contributed by atoms with Crippen LogP contribution in [0.25, 0.3) is 0 Å². The number of rotatable bonds is 4. The van der Waals surface area contributed by atoms with E-state index in [9.17, 15) is 8.78 Å². The second-order valence-corrected chi connectivity index (χ2v) is 4.30. The number of hydrogen-bond acceptors (Lipinski definition) is 2. The van der Waals surface area contributed by atoms with Crippen molar-refractivity contribution in [1.29, 1.82) is 0 Å². The van der Waals surface area contributed by atoms with Gasteiger partial charge in [-0.2, -0.15) is 0 Å². The van der Waals surface area contributed by atoms with E-state index >= 15 is 0 Å². The van der Waals surface area contributed by atoms with Gasteiger partial charge in [-0.15, -0.1) is 11.8 Å². The molecule has 0 aliphatic heterocycles. The summed E-state index contributed by atoms with van der Waals surface area (Å²) in [4.78, 5) is 0.482. The van der Waals surface area contributed by atoms with Gasteiger partial charge < -0.3 is 5.73 Å². The molecule has 0 radical (unpaired) electrons.